The van der Waals surface area contributed by atoms with Crippen LogP contribution in [-0.4, -0.2) is 48.2 Å². The fourth-order valence-corrected chi connectivity index (χ4v) is 2.04. The van der Waals surface area contributed by atoms with Gasteiger partial charge < -0.3 is 14.7 Å². The predicted molar refractivity (Wildman–Crippen MR) is 51.3 cm³/mol. The number of carbonyl (C=O) groups is 2. The molecule has 0 aromatic heterocycles. The van der Waals surface area contributed by atoms with Crippen molar-refractivity contribution >= 4 is 11.9 Å². The van der Waals surface area contributed by atoms with E-state index in [4.69, 9.17) is 9.84 Å². The van der Waals surface area contributed by atoms with Gasteiger partial charge in [0.05, 0.1) is 13.2 Å². The Morgan fingerprint density at radius 3 is 2.13 bits per heavy atom. The second-order valence-electron chi connectivity index (χ2n) is 4.23. The average molecular weight is 213 g/mol. The Balaban J connectivity index is 2.07. The molecule has 2 saturated heterocycles. The van der Waals surface area contributed by atoms with Gasteiger partial charge in [-0.05, 0) is 19.3 Å². The molecular formula is C10H15NO4. The van der Waals surface area contributed by atoms with E-state index in [1.807, 2.05) is 0 Å². The molecule has 0 aliphatic carbocycles. The van der Waals surface area contributed by atoms with Gasteiger partial charge in [-0.1, -0.05) is 0 Å². The SMILES string of the molecule is O=C(O)C1(C(=O)N2CCCCC2)COC1. The van der Waals surface area contributed by atoms with Crippen LogP contribution in [0.1, 0.15) is 19.3 Å². The summed E-state index contributed by atoms with van der Waals surface area (Å²) < 4.78 is 4.88. The van der Waals surface area contributed by atoms with E-state index in [1.165, 1.54) is 0 Å². The van der Waals surface area contributed by atoms with E-state index in [9.17, 15) is 9.59 Å². The van der Waals surface area contributed by atoms with E-state index in [2.05, 4.69) is 0 Å². The molecule has 0 unspecified atom stereocenters. The minimum Gasteiger partial charge on any atom is -0.480 e. The van der Waals surface area contributed by atoms with Gasteiger partial charge in [-0.2, -0.15) is 0 Å². The van der Waals surface area contributed by atoms with E-state index >= 15 is 0 Å². The van der Waals surface area contributed by atoms with E-state index in [0.29, 0.717) is 13.1 Å². The summed E-state index contributed by atoms with van der Waals surface area (Å²) in [6, 6.07) is 0. The van der Waals surface area contributed by atoms with Crippen molar-refractivity contribution in [1.29, 1.82) is 0 Å². The summed E-state index contributed by atoms with van der Waals surface area (Å²) in [6.07, 6.45) is 3.07. The van der Waals surface area contributed by atoms with E-state index < -0.39 is 11.4 Å². The summed E-state index contributed by atoms with van der Waals surface area (Å²) in [6.45, 7) is 1.43. The zero-order valence-corrected chi connectivity index (χ0v) is 8.57. The molecule has 2 rings (SSSR count). The quantitative estimate of drug-likeness (QED) is 0.661. The molecule has 2 aliphatic heterocycles. The maximum absolute atomic E-state index is 12.0. The van der Waals surface area contributed by atoms with Crippen LogP contribution in [0.2, 0.25) is 0 Å². The minimum atomic E-state index is -1.28. The van der Waals surface area contributed by atoms with Crippen molar-refractivity contribution in [3.05, 3.63) is 0 Å². The second-order valence-corrected chi connectivity index (χ2v) is 4.23. The highest BCUT2D eigenvalue weighted by molar-refractivity contribution is 6.03. The highest BCUT2D eigenvalue weighted by Crippen LogP contribution is 2.31. The van der Waals surface area contributed by atoms with Crippen molar-refractivity contribution in [2.24, 2.45) is 5.41 Å². The van der Waals surface area contributed by atoms with Gasteiger partial charge in [-0.15, -0.1) is 0 Å². The number of aliphatic carboxylic acids is 1. The molecule has 0 spiro atoms. The summed E-state index contributed by atoms with van der Waals surface area (Å²) in [4.78, 5) is 24.7. The van der Waals surface area contributed by atoms with Gasteiger partial charge in [0.15, 0.2) is 5.41 Å². The molecule has 1 N–H and O–H groups in total. The molecule has 0 radical (unpaired) electrons. The second kappa shape index (κ2) is 3.81. The number of carbonyl (C=O) groups excluding carboxylic acids is 1. The molecule has 2 aliphatic rings. The molecule has 0 aromatic carbocycles. The molecule has 84 valence electrons. The van der Waals surface area contributed by atoms with Crippen molar-refractivity contribution in [1.82, 2.24) is 4.90 Å². The Labute approximate surface area is 88.0 Å². The van der Waals surface area contributed by atoms with Crippen LogP contribution in [-0.2, 0) is 14.3 Å². The van der Waals surface area contributed by atoms with Crippen molar-refractivity contribution in [3.63, 3.8) is 0 Å². The van der Waals surface area contributed by atoms with Gasteiger partial charge in [0.1, 0.15) is 0 Å². The first-order valence-electron chi connectivity index (χ1n) is 5.27. The highest BCUT2D eigenvalue weighted by Gasteiger charge is 2.54. The molecule has 2 fully saturated rings. The lowest BCUT2D eigenvalue weighted by atomic mass is 9.84. The number of rotatable bonds is 2. The van der Waals surface area contributed by atoms with E-state index in [1.54, 1.807) is 4.90 Å². The van der Waals surface area contributed by atoms with Crippen molar-refractivity contribution in [2.75, 3.05) is 26.3 Å². The normalized spacial score (nSPS) is 24.4. The first-order chi connectivity index (χ1) is 7.17. The summed E-state index contributed by atoms with van der Waals surface area (Å²) in [5.74, 6) is -1.31. The molecule has 0 atom stereocenters. The number of piperidine rings is 1. The van der Waals surface area contributed by atoms with Crippen LogP contribution < -0.4 is 0 Å². The third kappa shape index (κ3) is 1.61. The number of amides is 1. The van der Waals surface area contributed by atoms with Gasteiger partial charge in [0.2, 0.25) is 5.91 Å². The van der Waals surface area contributed by atoms with Gasteiger partial charge in [0, 0.05) is 13.1 Å². The molecule has 5 heteroatoms. The van der Waals surface area contributed by atoms with Crippen LogP contribution in [0, 0.1) is 5.41 Å². The lowest BCUT2D eigenvalue weighted by Gasteiger charge is -2.40. The number of nitrogens with zero attached hydrogens (tertiary/aromatic N) is 1. The Morgan fingerprint density at radius 2 is 1.73 bits per heavy atom. The Hall–Kier alpha value is -1.10. The number of likely N-dealkylation sites (tertiary alicyclic amines) is 1. The zero-order valence-electron chi connectivity index (χ0n) is 8.57. The van der Waals surface area contributed by atoms with Crippen LogP contribution in [0.4, 0.5) is 0 Å². The monoisotopic (exact) mass is 213 g/mol. The van der Waals surface area contributed by atoms with Gasteiger partial charge >= 0.3 is 5.97 Å². The molecule has 1 amide bonds. The van der Waals surface area contributed by atoms with Gasteiger partial charge in [-0.25, -0.2) is 0 Å². The number of carboxylic acid groups (broad SMARTS) is 1. The van der Waals surface area contributed by atoms with Gasteiger partial charge in [-0.3, -0.25) is 9.59 Å². The number of carboxylic acids is 1. The zero-order chi connectivity index (χ0) is 10.9. The lowest BCUT2D eigenvalue weighted by Crippen LogP contribution is -2.60. The molecule has 0 bridgehead atoms. The fourth-order valence-electron chi connectivity index (χ4n) is 2.04. The summed E-state index contributed by atoms with van der Waals surface area (Å²) in [7, 11) is 0. The molecule has 0 aromatic rings. The van der Waals surface area contributed by atoms with Gasteiger partial charge in [0.25, 0.3) is 0 Å². The van der Waals surface area contributed by atoms with Crippen molar-refractivity contribution < 1.29 is 19.4 Å². The minimum absolute atomic E-state index is 0.0255. The maximum Gasteiger partial charge on any atom is 0.324 e. The fraction of sp³-hybridized carbons (Fsp3) is 0.800. The first kappa shape index (κ1) is 10.4. The topological polar surface area (TPSA) is 66.8 Å². The molecular weight excluding hydrogens is 198 g/mol. The molecule has 5 nitrogen and oxygen atoms in total. The van der Waals surface area contributed by atoms with Crippen LogP contribution >= 0.6 is 0 Å². The molecule has 0 saturated carbocycles. The summed E-state index contributed by atoms with van der Waals surface area (Å²) in [5.41, 5.74) is -1.28. The largest absolute Gasteiger partial charge is 0.480 e. The van der Waals surface area contributed by atoms with Crippen LogP contribution in [0.25, 0.3) is 0 Å². The standard InChI is InChI=1S/C10H15NO4/c12-8(11-4-2-1-3-5-11)10(9(13)14)6-15-7-10/h1-7H2,(H,13,14). The Morgan fingerprint density at radius 1 is 1.13 bits per heavy atom. The third-order valence-corrected chi connectivity index (χ3v) is 3.16. The highest BCUT2D eigenvalue weighted by atomic mass is 16.5. The molecule has 2 heterocycles. The van der Waals surface area contributed by atoms with E-state index in [-0.39, 0.29) is 19.1 Å². The predicted octanol–water partition coefficient (Wildman–Crippen LogP) is 0.100. The average Bonchev–Trinajstić information content (AvgIpc) is 2.16. The number of hydrogen-bond acceptors (Lipinski definition) is 3. The van der Waals surface area contributed by atoms with Crippen molar-refractivity contribution in [2.45, 2.75) is 19.3 Å². The van der Waals surface area contributed by atoms with E-state index in [0.717, 1.165) is 19.3 Å². The summed E-state index contributed by atoms with van der Waals surface area (Å²) >= 11 is 0. The van der Waals surface area contributed by atoms with Crippen molar-refractivity contribution in [3.8, 4) is 0 Å². The number of hydrogen-bond donors (Lipinski definition) is 1. The maximum atomic E-state index is 12.0. The number of ether oxygens (including phenoxy) is 1. The lowest BCUT2D eigenvalue weighted by molar-refractivity contribution is -0.191. The smallest absolute Gasteiger partial charge is 0.324 e. The third-order valence-electron chi connectivity index (χ3n) is 3.16. The molecule has 15 heavy (non-hydrogen) atoms. The first-order valence-corrected chi connectivity index (χ1v) is 5.27. The Bertz CT molecular complexity index is 279. The van der Waals surface area contributed by atoms with Crippen LogP contribution in [0.5, 0.6) is 0 Å². The van der Waals surface area contributed by atoms with Crippen LogP contribution in [0.15, 0.2) is 0 Å². The summed E-state index contributed by atoms with van der Waals surface area (Å²) in [5, 5.41) is 9.06. The van der Waals surface area contributed by atoms with Crippen LogP contribution in [0.3, 0.4) is 0 Å². The Kier molecular flexibility index (Phi) is 2.65.